The molecule has 2 aliphatic carbocycles. The summed E-state index contributed by atoms with van der Waals surface area (Å²) >= 11 is 0. The molecule has 9 heteroatoms. The van der Waals surface area contributed by atoms with Gasteiger partial charge in [0, 0.05) is 25.6 Å². The molecule has 0 spiro atoms. The van der Waals surface area contributed by atoms with Crippen LogP contribution in [0.3, 0.4) is 0 Å². The van der Waals surface area contributed by atoms with Crippen LogP contribution in [0.2, 0.25) is 0 Å². The van der Waals surface area contributed by atoms with Gasteiger partial charge >= 0.3 is 6.09 Å². The molecule has 2 amide bonds. The molecule has 2 bridgehead atoms. The Morgan fingerprint density at radius 3 is 2.45 bits per heavy atom. The van der Waals surface area contributed by atoms with E-state index >= 15 is 4.39 Å². The second-order valence-corrected chi connectivity index (χ2v) is 13.6. The van der Waals surface area contributed by atoms with Gasteiger partial charge in [-0.05, 0) is 93.7 Å². The van der Waals surface area contributed by atoms with Crippen LogP contribution in [0, 0.1) is 34.9 Å². The predicted octanol–water partition coefficient (Wildman–Crippen LogP) is 3.99. The van der Waals surface area contributed by atoms with Crippen LogP contribution in [-0.4, -0.2) is 77.9 Å². The van der Waals surface area contributed by atoms with E-state index in [4.69, 9.17) is 9.47 Å². The van der Waals surface area contributed by atoms with Crippen LogP contribution in [0.25, 0.3) is 0 Å². The first-order valence-corrected chi connectivity index (χ1v) is 14.9. The molecule has 1 N–H and O–H groups in total. The molecule has 40 heavy (non-hydrogen) atoms. The Labute approximate surface area is 236 Å². The highest BCUT2D eigenvalue weighted by molar-refractivity contribution is 5.87. The van der Waals surface area contributed by atoms with E-state index in [2.05, 4.69) is 16.3 Å². The number of halogens is 1. The van der Waals surface area contributed by atoms with Gasteiger partial charge < -0.3 is 14.8 Å². The quantitative estimate of drug-likeness (QED) is 0.574. The van der Waals surface area contributed by atoms with Crippen LogP contribution >= 0.6 is 0 Å². The largest absolute Gasteiger partial charge is 0.444 e. The first-order valence-electron chi connectivity index (χ1n) is 14.9. The summed E-state index contributed by atoms with van der Waals surface area (Å²) in [5.41, 5.74) is 0.783. The summed E-state index contributed by atoms with van der Waals surface area (Å²) in [7, 11) is 0. The van der Waals surface area contributed by atoms with Crippen molar-refractivity contribution in [1.82, 2.24) is 15.1 Å². The van der Waals surface area contributed by atoms with Crippen LogP contribution in [0.5, 0.6) is 0 Å². The van der Waals surface area contributed by atoms with Crippen molar-refractivity contribution in [3.05, 3.63) is 35.1 Å². The zero-order valence-corrected chi connectivity index (χ0v) is 23.8. The third kappa shape index (κ3) is 5.33. The molecule has 3 aliphatic heterocycles. The first-order chi connectivity index (χ1) is 19.1. The van der Waals surface area contributed by atoms with Gasteiger partial charge in [-0.1, -0.05) is 12.1 Å². The predicted molar refractivity (Wildman–Crippen MR) is 146 cm³/mol. The topological polar surface area (TPSA) is 94.9 Å². The second kappa shape index (κ2) is 10.6. The van der Waals surface area contributed by atoms with Gasteiger partial charge in [-0.2, -0.15) is 5.26 Å². The minimum atomic E-state index is -0.889. The fourth-order valence-electron chi connectivity index (χ4n) is 7.83. The molecule has 216 valence electrons. The molecule has 0 aromatic heterocycles. The smallest absolute Gasteiger partial charge is 0.411 e. The number of hydrogen-bond donors (Lipinski definition) is 1. The monoisotopic (exact) mass is 552 g/mol. The van der Waals surface area contributed by atoms with E-state index in [9.17, 15) is 14.9 Å². The highest BCUT2D eigenvalue weighted by atomic mass is 19.1. The maximum absolute atomic E-state index is 15.3. The lowest BCUT2D eigenvalue weighted by molar-refractivity contribution is -0.128. The first kappa shape index (κ1) is 27.5. The number of benzene rings is 1. The van der Waals surface area contributed by atoms with Crippen LogP contribution < -0.4 is 5.32 Å². The lowest BCUT2D eigenvalue weighted by Gasteiger charge is -2.35. The van der Waals surface area contributed by atoms with Gasteiger partial charge in [0.05, 0.1) is 25.3 Å². The number of hydrogen-bond acceptors (Lipinski definition) is 6. The number of amides is 2. The number of fused-ring (bicyclic) bond motifs is 3. The Hall–Kier alpha value is -2.70. The Balaban J connectivity index is 1.07. The van der Waals surface area contributed by atoms with E-state index in [0.717, 1.165) is 64.0 Å². The fraction of sp³-hybridized carbons (Fsp3) is 0.710. The number of nitriles is 1. The third-order valence-electron chi connectivity index (χ3n) is 9.82. The van der Waals surface area contributed by atoms with Crippen LogP contribution in [0.1, 0.15) is 69.9 Å². The van der Waals surface area contributed by atoms with Crippen LogP contribution in [0.15, 0.2) is 18.2 Å². The molecule has 1 aromatic carbocycles. The minimum absolute atomic E-state index is 0.0217. The van der Waals surface area contributed by atoms with Gasteiger partial charge in [0.25, 0.3) is 0 Å². The molecular weight excluding hydrogens is 511 g/mol. The number of nitrogens with zero attached hydrogens (tertiary/aromatic N) is 3. The molecule has 5 fully saturated rings. The summed E-state index contributed by atoms with van der Waals surface area (Å²) in [6.45, 7) is 9.35. The van der Waals surface area contributed by atoms with Crippen molar-refractivity contribution < 1.29 is 23.5 Å². The van der Waals surface area contributed by atoms with Gasteiger partial charge in [-0.25, -0.2) is 9.18 Å². The average molecular weight is 553 g/mol. The number of ether oxygens (including phenoxy) is 2. The van der Waals surface area contributed by atoms with Gasteiger partial charge in [0.1, 0.15) is 23.5 Å². The van der Waals surface area contributed by atoms with Crippen molar-refractivity contribution in [2.45, 2.75) is 95.0 Å². The summed E-state index contributed by atoms with van der Waals surface area (Å²) in [6.07, 6.45) is 4.24. The van der Waals surface area contributed by atoms with E-state index in [-0.39, 0.29) is 30.1 Å². The lowest BCUT2D eigenvalue weighted by atomic mass is 9.93. The lowest BCUT2D eigenvalue weighted by Crippen LogP contribution is -2.55. The number of nitrogens with one attached hydrogen (secondary N) is 1. The molecule has 5 aliphatic rings. The maximum Gasteiger partial charge on any atom is 0.411 e. The number of rotatable bonds is 6. The number of carbonyl (C=O) groups is 2. The van der Waals surface area contributed by atoms with E-state index in [0.29, 0.717) is 29.4 Å². The van der Waals surface area contributed by atoms with Crippen molar-refractivity contribution in [2.24, 2.45) is 17.8 Å². The molecule has 2 saturated carbocycles. The standard InChI is InChI=1S/C31H41FN4O4/c1-31(2,3)40-30(38)36-25-7-6-20(11-25)28(36)29(37)34-24(13-33)10-19-5-4-18(12-27(19)32)21-8-22-14-35(15-23(22)9-21)26-16-39-17-26/h4-5,12,20-26,28H,6-11,14-17H2,1-3H3,(H,34,37)/t20-,21?,22?,23?,24-,25+,28-/m0/s1. The Morgan fingerprint density at radius 2 is 1.85 bits per heavy atom. The van der Waals surface area contributed by atoms with Gasteiger partial charge in [0.2, 0.25) is 5.91 Å². The summed E-state index contributed by atoms with van der Waals surface area (Å²) in [6, 6.07) is 6.55. The van der Waals surface area contributed by atoms with E-state index in [1.807, 2.05) is 6.07 Å². The molecule has 1 aromatic rings. The minimum Gasteiger partial charge on any atom is -0.444 e. The van der Waals surface area contributed by atoms with Gasteiger partial charge in [0.15, 0.2) is 0 Å². The van der Waals surface area contributed by atoms with Gasteiger partial charge in [-0.15, -0.1) is 0 Å². The number of piperidine rings is 1. The zero-order valence-electron chi connectivity index (χ0n) is 23.8. The van der Waals surface area contributed by atoms with Crippen LogP contribution in [-0.2, 0) is 20.7 Å². The second-order valence-electron chi connectivity index (χ2n) is 13.6. The van der Waals surface area contributed by atoms with Crippen molar-refractivity contribution in [3.63, 3.8) is 0 Å². The number of likely N-dealkylation sites (tertiary alicyclic amines) is 2. The molecule has 6 rings (SSSR count). The molecule has 3 saturated heterocycles. The molecule has 2 unspecified atom stereocenters. The molecule has 3 heterocycles. The van der Waals surface area contributed by atoms with E-state index < -0.39 is 23.8 Å². The summed E-state index contributed by atoms with van der Waals surface area (Å²) in [4.78, 5) is 30.4. The Kier molecular flexibility index (Phi) is 7.28. The summed E-state index contributed by atoms with van der Waals surface area (Å²) in [5.74, 6) is 1.05. The van der Waals surface area contributed by atoms with Crippen molar-refractivity contribution in [1.29, 1.82) is 5.26 Å². The number of carbonyl (C=O) groups excluding carboxylic acids is 2. The highest BCUT2D eigenvalue weighted by Gasteiger charge is 2.52. The van der Waals surface area contributed by atoms with E-state index in [1.54, 1.807) is 37.8 Å². The zero-order chi connectivity index (χ0) is 28.2. The highest BCUT2D eigenvalue weighted by Crippen LogP contribution is 2.47. The Bertz CT molecular complexity index is 1180. The molecular formula is C31H41FN4O4. The fourth-order valence-corrected chi connectivity index (χ4v) is 7.83. The van der Waals surface area contributed by atoms with Crippen molar-refractivity contribution >= 4 is 12.0 Å². The van der Waals surface area contributed by atoms with Crippen molar-refractivity contribution in [3.8, 4) is 6.07 Å². The van der Waals surface area contributed by atoms with Crippen molar-refractivity contribution in [2.75, 3.05) is 26.3 Å². The molecule has 8 nitrogen and oxygen atoms in total. The van der Waals surface area contributed by atoms with Crippen LogP contribution in [0.4, 0.5) is 9.18 Å². The summed E-state index contributed by atoms with van der Waals surface area (Å²) < 4.78 is 26.2. The summed E-state index contributed by atoms with van der Waals surface area (Å²) in [5, 5.41) is 12.6. The SMILES string of the molecule is CC(C)(C)OC(=O)N1[C@@H]2CC[C@@H](C2)[C@H]1C(=O)N[C@H](C#N)Cc1ccc(C2CC3CN(C4COC4)CC3C2)cc1F. The molecule has 6 atom stereocenters. The average Bonchev–Trinajstić information content (AvgIpc) is 3.62. The van der Waals surface area contributed by atoms with Gasteiger partial charge in [-0.3, -0.25) is 14.6 Å². The Morgan fingerprint density at radius 1 is 1.12 bits per heavy atom. The maximum atomic E-state index is 15.3. The third-order valence-corrected chi connectivity index (χ3v) is 9.82. The van der Waals surface area contributed by atoms with E-state index in [1.165, 1.54) is 0 Å². The molecule has 0 radical (unpaired) electrons. The normalized spacial score (nSPS) is 32.4.